The summed E-state index contributed by atoms with van der Waals surface area (Å²) in [4.78, 5) is 22.4. The first-order valence-corrected chi connectivity index (χ1v) is 6.80. The molecule has 110 valence electrons. The monoisotopic (exact) mass is 278 g/mol. The van der Waals surface area contributed by atoms with Crippen LogP contribution in [0.1, 0.15) is 32.6 Å². The van der Waals surface area contributed by atoms with Gasteiger partial charge in [0, 0.05) is 31.6 Å². The summed E-state index contributed by atoms with van der Waals surface area (Å²) in [5.41, 5.74) is 0.743. The fourth-order valence-electron chi connectivity index (χ4n) is 1.78. The van der Waals surface area contributed by atoms with Gasteiger partial charge >= 0.3 is 0 Å². The molecule has 2 amide bonds. The molecule has 5 nitrogen and oxygen atoms in total. The molecular formula is C15H22N2O3. The Morgan fingerprint density at radius 3 is 2.70 bits per heavy atom. The second kappa shape index (κ2) is 8.96. The maximum Gasteiger partial charge on any atom is 0.224 e. The van der Waals surface area contributed by atoms with Crippen LogP contribution in [0.4, 0.5) is 5.69 Å². The third kappa shape index (κ3) is 6.78. The molecule has 1 aromatic rings. The lowest BCUT2D eigenvalue weighted by molar-refractivity contribution is -0.119. The summed E-state index contributed by atoms with van der Waals surface area (Å²) in [5, 5.41) is 5.57. The first-order chi connectivity index (χ1) is 9.61. The molecule has 0 saturated carbocycles. The summed E-state index contributed by atoms with van der Waals surface area (Å²) in [7, 11) is 1.59. The Hall–Kier alpha value is -2.04. The van der Waals surface area contributed by atoms with Crippen molar-refractivity contribution in [2.45, 2.75) is 32.6 Å². The van der Waals surface area contributed by atoms with Gasteiger partial charge in [0.1, 0.15) is 5.75 Å². The third-order valence-corrected chi connectivity index (χ3v) is 2.81. The van der Waals surface area contributed by atoms with E-state index in [0.29, 0.717) is 13.0 Å². The fraction of sp³-hybridized carbons (Fsp3) is 0.467. The largest absolute Gasteiger partial charge is 0.497 e. The van der Waals surface area contributed by atoms with Crippen LogP contribution in [0.15, 0.2) is 24.3 Å². The van der Waals surface area contributed by atoms with Crippen LogP contribution in [-0.4, -0.2) is 25.5 Å². The van der Waals surface area contributed by atoms with Crippen molar-refractivity contribution in [3.8, 4) is 5.75 Å². The van der Waals surface area contributed by atoms with Gasteiger partial charge in [-0.25, -0.2) is 0 Å². The fourth-order valence-corrected chi connectivity index (χ4v) is 1.78. The predicted octanol–water partition coefficient (Wildman–Crippen LogP) is 2.33. The number of rotatable bonds is 8. The van der Waals surface area contributed by atoms with Gasteiger partial charge in [-0.15, -0.1) is 0 Å². The molecule has 2 N–H and O–H groups in total. The molecule has 0 atom stereocenters. The molecule has 0 spiro atoms. The molecule has 0 unspecified atom stereocenters. The first-order valence-electron chi connectivity index (χ1n) is 6.80. The number of anilines is 1. The molecule has 20 heavy (non-hydrogen) atoms. The normalized spacial score (nSPS) is 9.90. The van der Waals surface area contributed by atoms with Crippen LogP contribution in [0.3, 0.4) is 0 Å². The van der Waals surface area contributed by atoms with E-state index in [1.165, 1.54) is 6.92 Å². The van der Waals surface area contributed by atoms with Crippen LogP contribution >= 0.6 is 0 Å². The number of hydrogen-bond acceptors (Lipinski definition) is 3. The minimum absolute atomic E-state index is 0.00206. The van der Waals surface area contributed by atoms with Crippen molar-refractivity contribution in [2.75, 3.05) is 19.0 Å². The van der Waals surface area contributed by atoms with Crippen molar-refractivity contribution >= 4 is 17.5 Å². The van der Waals surface area contributed by atoms with Gasteiger partial charge in [0.2, 0.25) is 11.8 Å². The molecule has 0 saturated heterocycles. The Kier molecular flexibility index (Phi) is 7.17. The Labute approximate surface area is 119 Å². The highest BCUT2D eigenvalue weighted by molar-refractivity contribution is 5.90. The summed E-state index contributed by atoms with van der Waals surface area (Å²) in [5.74, 6) is 0.705. The molecule has 1 aromatic carbocycles. The summed E-state index contributed by atoms with van der Waals surface area (Å²) in [6.45, 7) is 2.18. The maximum absolute atomic E-state index is 11.7. The zero-order valence-corrected chi connectivity index (χ0v) is 12.1. The van der Waals surface area contributed by atoms with Gasteiger partial charge in [0.25, 0.3) is 0 Å². The van der Waals surface area contributed by atoms with E-state index in [4.69, 9.17) is 4.74 Å². The van der Waals surface area contributed by atoms with Gasteiger partial charge < -0.3 is 15.4 Å². The number of ether oxygens (including phenoxy) is 1. The second-order valence-electron chi connectivity index (χ2n) is 4.57. The number of carbonyl (C=O) groups is 2. The molecular weight excluding hydrogens is 256 g/mol. The predicted molar refractivity (Wildman–Crippen MR) is 78.8 cm³/mol. The van der Waals surface area contributed by atoms with E-state index in [-0.39, 0.29) is 11.8 Å². The van der Waals surface area contributed by atoms with Crippen molar-refractivity contribution in [2.24, 2.45) is 0 Å². The van der Waals surface area contributed by atoms with Crippen LogP contribution in [0, 0.1) is 0 Å². The lowest BCUT2D eigenvalue weighted by atomic mass is 10.2. The second-order valence-corrected chi connectivity index (χ2v) is 4.57. The molecule has 0 aliphatic rings. The van der Waals surface area contributed by atoms with E-state index in [1.807, 2.05) is 18.2 Å². The van der Waals surface area contributed by atoms with Gasteiger partial charge in [-0.3, -0.25) is 9.59 Å². The highest BCUT2D eigenvalue weighted by atomic mass is 16.5. The summed E-state index contributed by atoms with van der Waals surface area (Å²) < 4.78 is 5.10. The summed E-state index contributed by atoms with van der Waals surface area (Å²) in [6.07, 6.45) is 3.12. The van der Waals surface area contributed by atoms with Crippen molar-refractivity contribution in [3.63, 3.8) is 0 Å². The molecule has 1 rings (SSSR count). The van der Waals surface area contributed by atoms with Crippen molar-refractivity contribution < 1.29 is 14.3 Å². The Bertz CT molecular complexity index is 446. The van der Waals surface area contributed by atoms with Gasteiger partial charge in [-0.1, -0.05) is 12.5 Å². The molecule has 0 aromatic heterocycles. The van der Waals surface area contributed by atoms with E-state index < -0.39 is 0 Å². The van der Waals surface area contributed by atoms with E-state index in [1.54, 1.807) is 13.2 Å². The molecule has 0 radical (unpaired) electrons. The number of methoxy groups -OCH3 is 1. The third-order valence-electron chi connectivity index (χ3n) is 2.81. The van der Waals surface area contributed by atoms with Gasteiger partial charge in [-0.05, 0) is 25.0 Å². The highest BCUT2D eigenvalue weighted by Crippen LogP contribution is 2.17. The minimum Gasteiger partial charge on any atom is -0.497 e. The highest BCUT2D eigenvalue weighted by Gasteiger charge is 2.03. The average Bonchev–Trinajstić information content (AvgIpc) is 2.42. The number of benzene rings is 1. The van der Waals surface area contributed by atoms with E-state index in [2.05, 4.69) is 10.6 Å². The van der Waals surface area contributed by atoms with E-state index >= 15 is 0 Å². The van der Waals surface area contributed by atoms with Crippen LogP contribution in [0.5, 0.6) is 5.75 Å². The van der Waals surface area contributed by atoms with Crippen LogP contribution in [-0.2, 0) is 9.59 Å². The SMILES string of the molecule is COc1cccc(NC(=O)CCCCCNC(C)=O)c1. The van der Waals surface area contributed by atoms with Crippen molar-refractivity contribution in [1.82, 2.24) is 5.32 Å². The average molecular weight is 278 g/mol. The topological polar surface area (TPSA) is 67.4 Å². The first kappa shape index (κ1) is 16.0. The number of hydrogen-bond donors (Lipinski definition) is 2. The molecule has 5 heteroatoms. The number of nitrogens with one attached hydrogen (secondary N) is 2. The Balaban J connectivity index is 2.18. The number of amides is 2. The van der Waals surface area contributed by atoms with Crippen molar-refractivity contribution in [1.29, 1.82) is 0 Å². The lowest BCUT2D eigenvalue weighted by Gasteiger charge is -2.07. The lowest BCUT2D eigenvalue weighted by Crippen LogP contribution is -2.20. The van der Waals surface area contributed by atoms with Crippen molar-refractivity contribution in [3.05, 3.63) is 24.3 Å². The standard InChI is InChI=1S/C15H22N2O3/c1-12(18)16-10-5-3-4-9-15(19)17-13-7-6-8-14(11-13)20-2/h6-8,11H,3-5,9-10H2,1-2H3,(H,16,18)(H,17,19). The van der Waals surface area contributed by atoms with Crippen LogP contribution in [0.2, 0.25) is 0 Å². The number of unbranched alkanes of at least 4 members (excludes halogenated alkanes) is 2. The quantitative estimate of drug-likeness (QED) is 0.717. The van der Waals surface area contributed by atoms with E-state index in [0.717, 1.165) is 30.7 Å². The molecule has 0 heterocycles. The zero-order chi connectivity index (χ0) is 14.8. The summed E-state index contributed by atoms with van der Waals surface area (Å²) in [6, 6.07) is 7.28. The zero-order valence-electron chi connectivity index (χ0n) is 12.1. The maximum atomic E-state index is 11.7. The van der Waals surface area contributed by atoms with Crippen LogP contribution < -0.4 is 15.4 Å². The minimum atomic E-state index is -0.0132. The number of carbonyl (C=O) groups excluding carboxylic acids is 2. The van der Waals surface area contributed by atoms with Crippen LogP contribution in [0.25, 0.3) is 0 Å². The smallest absolute Gasteiger partial charge is 0.224 e. The molecule has 0 fully saturated rings. The van der Waals surface area contributed by atoms with E-state index in [9.17, 15) is 9.59 Å². The Morgan fingerprint density at radius 2 is 2.00 bits per heavy atom. The summed E-state index contributed by atoms with van der Waals surface area (Å²) >= 11 is 0. The molecule has 0 bridgehead atoms. The molecule has 0 aliphatic carbocycles. The van der Waals surface area contributed by atoms with Gasteiger partial charge in [-0.2, -0.15) is 0 Å². The van der Waals surface area contributed by atoms with Gasteiger partial charge in [0.15, 0.2) is 0 Å². The van der Waals surface area contributed by atoms with Gasteiger partial charge in [0.05, 0.1) is 7.11 Å². The molecule has 0 aliphatic heterocycles. The Morgan fingerprint density at radius 1 is 1.20 bits per heavy atom.